The monoisotopic (exact) mass is 663 g/mol. The minimum Gasteiger partial charge on any atom is -0.308 e. The van der Waals surface area contributed by atoms with Crippen molar-refractivity contribution in [3.05, 3.63) is 0 Å². The molecule has 28 heteroatoms. The van der Waals surface area contributed by atoms with Crippen molar-refractivity contribution in [1.82, 2.24) is 14.7 Å². The van der Waals surface area contributed by atoms with E-state index in [4.69, 9.17) is 96.2 Å². The van der Waals surface area contributed by atoms with Gasteiger partial charge in [-0.05, 0) is 35.2 Å². The molecule has 0 aromatic heterocycles. The molecule has 0 atom stereocenters. The van der Waals surface area contributed by atoms with Gasteiger partial charge in [0.1, 0.15) is 0 Å². The third kappa shape index (κ3) is 397. The van der Waals surface area contributed by atoms with Crippen LogP contribution in [0.4, 0.5) is 0 Å². The summed E-state index contributed by atoms with van der Waals surface area (Å²) in [5.74, 6) is 0. The van der Waals surface area contributed by atoms with Gasteiger partial charge in [0.2, 0.25) is 0 Å². The maximum atomic E-state index is 8.88. The summed E-state index contributed by atoms with van der Waals surface area (Å²) in [5, 5.41) is 0. The molecule has 0 aliphatic heterocycles. The second-order valence-electron chi connectivity index (χ2n) is 6.48. The van der Waals surface area contributed by atoms with Gasteiger partial charge >= 0.3 is 39.1 Å². The SMILES string of the molecule is CN(C)CCN(C)CCN(C)C.O=P(O)(O)O.O=P(O)(O)O.O=P(O)(O)O.O=P(O)(O)O.O=P(O)(O)O. The van der Waals surface area contributed by atoms with Crippen LogP contribution in [0.2, 0.25) is 0 Å². The highest BCUT2D eigenvalue weighted by Gasteiger charge is 2.02. The van der Waals surface area contributed by atoms with Crippen LogP contribution in [-0.4, -0.2) is 150 Å². The molecule has 0 saturated heterocycles. The van der Waals surface area contributed by atoms with E-state index in [-0.39, 0.29) is 0 Å². The zero-order valence-electron chi connectivity index (χ0n) is 20.2. The zero-order valence-corrected chi connectivity index (χ0v) is 24.6. The Kier molecular flexibility index (Phi) is 33.0. The molecule has 37 heavy (non-hydrogen) atoms. The molecule has 0 spiro atoms. The Morgan fingerprint density at radius 1 is 0.351 bits per heavy atom. The van der Waals surface area contributed by atoms with Crippen LogP contribution in [0.1, 0.15) is 0 Å². The summed E-state index contributed by atoms with van der Waals surface area (Å²) in [4.78, 5) is 115. The van der Waals surface area contributed by atoms with Gasteiger partial charge in [-0.15, -0.1) is 0 Å². The number of nitrogens with zero attached hydrogens (tertiary/aromatic N) is 3. The minimum atomic E-state index is -4.64. The highest BCUT2D eigenvalue weighted by atomic mass is 31.2. The first kappa shape index (κ1) is 50.3. The first-order chi connectivity index (χ1) is 15.5. The van der Waals surface area contributed by atoms with E-state index in [0.717, 1.165) is 26.2 Å². The number of rotatable bonds is 6. The first-order valence-corrected chi connectivity index (χ1v) is 16.2. The predicted molar refractivity (Wildman–Crippen MR) is 126 cm³/mol. The first-order valence-electron chi connectivity index (χ1n) is 8.41. The molecule has 0 bridgehead atoms. The number of hydrogen-bond acceptors (Lipinski definition) is 8. The fourth-order valence-electron chi connectivity index (χ4n) is 0.853. The molecule has 0 amide bonds. The van der Waals surface area contributed by atoms with E-state index in [1.807, 2.05) is 0 Å². The van der Waals surface area contributed by atoms with Crippen molar-refractivity contribution in [1.29, 1.82) is 0 Å². The van der Waals surface area contributed by atoms with Crippen LogP contribution in [0.25, 0.3) is 0 Å². The molecule has 0 unspecified atom stereocenters. The second-order valence-corrected chi connectivity index (χ2v) is 11.6. The van der Waals surface area contributed by atoms with Crippen molar-refractivity contribution in [2.75, 3.05) is 61.4 Å². The number of phosphoric acid groups is 5. The quantitative estimate of drug-likeness (QED) is 0.119. The van der Waals surface area contributed by atoms with Gasteiger partial charge in [-0.2, -0.15) is 0 Å². The van der Waals surface area contributed by atoms with Gasteiger partial charge in [-0.3, -0.25) is 0 Å². The van der Waals surface area contributed by atoms with Gasteiger partial charge in [0.05, 0.1) is 0 Å². The molecule has 0 fully saturated rings. The Hall–Kier alpha value is 0.430. The lowest BCUT2D eigenvalue weighted by Crippen LogP contribution is -2.33. The normalized spacial score (nSPS) is 11.9. The van der Waals surface area contributed by atoms with Crippen LogP contribution in [-0.2, 0) is 22.8 Å². The summed E-state index contributed by atoms with van der Waals surface area (Å²) >= 11 is 0. The van der Waals surface area contributed by atoms with Crippen LogP contribution in [0.5, 0.6) is 0 Å². The van der Waals surface area contributed by atoms with Crippen molar-refractivity contribution < 1.29 is 96.2 Å². The van der Waals surface area contributed by atoms with Crippen LogP contribution < -0.4 is 0 Å². The van der Waals surface area contributed by atoms with Crippen molar-refractivity contribution >= 4 is 39.1 Å². The molecule has 0 aromatic rings. The molecule has 0 saturated carbocycles. The molecule has 0 aromatic carbocycles. The molecule has 0 heterocycles. The van der Waals surface area contributed by atoms with Crippen LogP contribution in [0.3, 0.4) is 0 Å². The fourth-order valence-corrected chi connectivity index (χ4v) is 0.853. The third-order valence-electron chi connectivity index (χ3n) is 1.86. The Morgan fingerprint density at radius 3 is 0.541 bits per heavy atom. The molecule has 0 aliphatic carbocycles. The Labute approximate surface area is 212 Å². The maximum absolute atomic E-state index is 8.88. The van der Waals surface area contributed by atoms with E-state index in [1.165, 1.54) is 0 Å². The Balaban J connectivity index is -0.0000000825. The van der Waals surface area contributed by atoms with E-state index >= 15 is 0 Å². The average Bonchev–Trinajstić information content (AvgIpc) is 2.42. The molecule has 234 valence electrons. The summed E-state index contributed by atoms with van der Waals surface area (Å²) in [6, 6.07) is 0. The van der Waals surface area contributed by atoms with E-state index in [9.17, 15) is 0 Å². The topological polar surface area (TPSA) is 399 Å². The number of hydrogen-bond donors (Lipinski definition) is 15. The molecule has 15 N–H and O–H groups in total. The Morgan fingerprint density at radius 2 is 0.459 bits per heavy atom. The average molecular weight is 663 g/mol. The van der Waals surface area contributed by atoms with Crippen molar-refractivity contribution in [3.63, 3.8) is 0 Å². The summed E-state index contributed by atoms with van der Waals surface area (Å²) in [5.41, 5.74) is 0. The highest BCUT2D eigenvalue weighted by molar-refractivity contribution is 7.46. The van der Waals surface area contributed by atoms with Crippen molar-refractivity contribution in [3.8, 4) is 0 Å². The van der Waals surface area contributed by atoms with Crippen LogP contribution in [0.15, 0.2) is 0 Å². The maximum Gasteiger partial charge on any atom is 0.466 e. The standard InChI is InChI=1S/C9H23N3.5H3O4P/c1-10(2)6-8-12(5)9-7-11(3)4;5*1-5(2,3)4/h6-9H2,1-5H3;5*(H3,1,2,3,4). The van der Waals surface area contributed by atoms with E-state index < -0.39 is 39.1 Å². The largest absolute Gasteiger partial charge is 0.466 e. The van der Waals surface area contributed by atoms with E-state index in [0.29, 0.717) is 0 Å². The third-order valence-corrected chi connectivity index (χ3v) is 1.86. The van der Waals surface area contributed by atoms with Crippen molar-refractivity contribution in [2.24, 2.45) is 0 Å². The smallest absolute Gasteiger partial charge is 0.308 e. The van der Waals surface area contributed by atoms with Crippen molar-refractivity contribution in [2.45, 2.75) is 0 Å². The molecule has 0 radical (unpaired) electrons. The molecule has 0 rings (SSSR count). The predicted octanol–water partition coefficient (Wildman–Crippen LogP) is -4.60. The molecular weight excluding hydrogens is 625 g/mol. The van der Waals surface area contributed by atoms with Gasteiger partial charge in [-0.1, -0.05) is 0 Å². The molecule has 0 aliphatic rings. The van der Waals surface area contributed by atoms with Gasteiger partial charge < -0.3 is 88.1 Å². The Bertz CT molecular complexity index is 581. The summed E-state index contributed by atoms with van der Waals surface area (Å²) in [7, 11) is -12.6. The van der Waals surface area contributed by atoms with Gasteiger partial charge in [0, 0.05) is 26.2 Å². The minimum absolute atomic E-state index is 1.14. The zero-order chi connectivity index (χ0) is 32.1. The lowest BCUT2D eigenvalue weighted by Gasteiger charge is -2.20. The summed E-state index contributed by atoms with van der Waals surface area (Å²) in [6.07, 6.45) is 0. The highest BCUT2D eigenvalue weighted by Crippen LogP contribution is 2.27. The summed E-state index contributed by atoms with van der Waals surface area (Å²) < 4.78 is 44.4. The lowest BCUT2D eigenvalue weighted by atomic mass is 10.4. The lowest BCUT2D eigenvalue weighted by molar-refractivity contribution is 0.254. The molecule has 23 nitrogen and oxygen atoms in total. The van der Waals surface area contributed by atoms with Gasteiger partial charge in [0.25, 0.3) is 0 Å². The van der Waals surface area contributed by atoms with Crippen LogP contribution >= 0.6 is 39.1 Å². The van der Waals surface area contributed by atoms with Gasteiger partial charge in [0.15, 0.2) is 0 Å². The van der Waals surface area contributed by atoms with E-state index in [2.05, 4.69) is 49.9 Å². The fraction of sp³-hybridized carbons (Fsp3) is 1.00. The van der Waals surface area contributed by atoms with Gasteiger partial charge in [-0.25, -0.2) is 22.8 Å². The summed E-state index contributed by atoms with van der Waals surface area (Å²) in [6.45, 7) is 4.59. The number of likely N-dealkylation sites (N-methyl/N-ethyl adjacent to an activating group) is 3. The van der Waals surface area contributed by atoms with E-state index in [1.54, 1.807) is 0 Å². The second kappa shape index (κ2) is 24.2. The molecular formula is C9H38N3O20P5. The van der Waals surface area contributed by atoms with Crippen LogP contribution in [0, 0.1) is 0 Å².